The molecule has 0 unspecified atom stereocenters. The molecule has 1 saturated heterocycles. The molecular formula is C20H23FN2O3S. The van der Waals surface area contributed by atoms with Gasteiger partial charge in [0.15, 0.2) is 5.78 Å². The Morgan fingerprint density at radius 1 is 1.04 bits per heavy atom. The zero-order valence-electron chi connectivity index (χ0n) is 15.3. The van der Waals surface area contributed by atoms with E-state index < -0.39 is 10.0 Å². The van der Waals surface area contributed by atoms with Crippen molar-refractivity contribution in [1.29, 1.82) is 0 Å². The number of benzene rings is 2. The predicted octanol–water partition coefficient (Wildman–Crippen LogP) is 2.58. The highest BCUT2D eigenvalue weighted by Gasteiger charge is 2.28. The third kappa shape index (κ3) is 4.61. The van der Waals surface area contributed by atoms with Gasteiger partial charge in [0.1, 0.15) is 5.82 Å². The van der Waals surface area contributed by atoms with Crippen molar-refractivity contribution in [2.24, 2.45) is 0 Å². The van der Waals surface area contributed by atoms with Crippen molar-refractivity contribution in [3.63, 3.8) is 0 Å². The van der Waals surface area contributed by atoms with Gasteiger partial charge in [-0.2, -0.15) is 4.31 Å². The molecule has 3 rings (SSSR count). The Morgan fingerprint density at radius 2 is 1.74 bits per heavy atom. The second-order valence-corrected chi connectivity index (χ2v) is 8.61. The average Bonchev–Trinajstić information content (AvgIpc) is 2.68. The molecule has 0 aliphatic carbocycles. The van der Waals surface area contributed by atoms with Gasteiger partial charge in [-0.25, -0.2) is 12.8 Å². The largest absolute Gasteiger partial charge is 0.300 e. The van der Waals surface area contributed by atoms with Crippen molar-refractivity contribution in [1.82, 2.24) is 9.21 Å². The van der Waals surface area contributed by atoms with Gasteiger partial charge < -0.3 is 4.90 Å². The summed E-state index contributed by atoms with van der Waals surface area (Å²) in [5.74, 6) is -0.367. The second kappa shape index (κ2) is 8.29. The van der Waals surface area contributed by atoms with Crippen LogP contribution in [0.1, 0.15) is 22.8 Å². The summed E-state index contributed by atoms with van der Waals surface area (Å²) in [6.07, 6.45) is 0.597. The van der Waals surface area contributed by atoms with Crippen molar-refractivity contribution in [2.75, 3.05) is 32.7 Å². The number of ketones is 1. The standard InChI is InChI=1S/C20H23FN2O3S/c1-16(24)18-6-4-7-19(15-18)27(25,26)23-13-11-22(12-14-23)10-9-17-5-2-3-8-20(17)21/h2-8,15H,9-14H2,1H3. The van der Waals surface area contributed by atoms with Crippen molar-refractivity contribution in [2.45, 2.75) is 18.2 Å². The molecule has 7 heteroatoms. The molecule has 5 nitrogen and oxygen atoms in total. The quantitative estimate of drug-likeness (QED) is 0.712. The maximum absolute atomic E-state index is 13.7. The van der Waals surface area contributed by atoms with E-state index in [9.17, 15) is 17.6 Å². The maximum Gasteiger partial charge on any atom is 0.243 e. The van der Waals surface area contributed by atoms with Crippen LogP contribution in [0.15, 0.2) is 53.4 Å². The Bertz CT molecular complexity index is 922. The minimum Gasteiger partial charge on any atom is -0.300 e. The molecular weight excluding hydrogens is 367 g/mol. The molecule has 144 valence electrons. The fraction of sp³-hybridized carbons (Fsp3) is 0.350. The normalized spacial score (nSPS) is 16.4. The Morgan fingerprint density at radius 3 is 2.41 bits per heavy atom. The highest BCUT2D eigenvalue weighted by Crippen LogP contribution is 2.19. The third-order valence-corrected chi connectivity index (χ3v) is 6.76. The zero-order chi connectivity index (χ0) is 19.4. The SMILES string of the molecule is CC(=O)c1cccc(S(=O)(=O)N2CCN(CCc3ccccc3F)CC2)c1. The lowest BCUT2D eigenvalue weighted by atomic mass is 10.1. The number of nitrogens with zero attached hydrogens (tertiary/aromatic N) is 2. The van der Waals surface area contributed by atoms with E-state index in [0.29, 0.717) is 50.3 Å². The summed E-state index contributed by atoms with van der Waals surface area (Å²) in [6, 6.07) is 12.9. The van der Waals surface area contributed by atoms with Gasteiger partial charge in [-0.05, 0) is 37.1 Å². The van der Waals surface area contributed by atoms with Gasteiger partial charge in [0.25, 0.3) is 0 Å². The minimum atomic E-state index is -3.62. The first-order chi connectivity index (χ1) is 12.9. The number of piperazine rings is 1. The first kappa shape index (κ1) is 19.7. The van der Waals surface area contributed by atoms with Crippen molar-refractivity contribution < 1.29 is 17.6 Å². The van der Waals surface area contributed by atoms with Gasteiger partial charge in [0, 0.05) is 38.3 Å². The van der Waals surface area contributed by atoms with Gasteiger partial charge in [-0.1, -0.05) is 30.3 Å². The van der Waals surface area contributed by atoms with Crippen LogP contribution in [-0.4, -0.2) is 56.1 Å². The van der Waals surface area contributed by atoms with Crippen LogP contribution in [0.5, 0.6) is 0 Å². The first-order valence-corrected chi connectivity index (χ1v) is 10.4. The van der Waals surface area contributed by atoms with Crippen LogP contribution in [0.25, 0.3) is 0 Å². The summed E-state index contributed by atoms with van der Waals surface area (Å²) in [7, 11) is -3.62. The molecule has 2 aromatic carbocycles. The van der Waals surface area contributed by atoms with Crippen molar-refractivity contribution >= 4 is 15.8 Å². The Hall–Kier alpha value is -2.09. The van der Waals surface area contributed by atoms with Crippen LogP contribution in [0, 0.1) is 5.82 Å². The summed E-state index contributed by atoms with van der Waals surface area (Å²) < 4.78 is 40.8. The minimum absolute atomic E-state index is 0.148. The molecule has 2 aromatic rings. The molecule has 1 aliphatic rings. The smallest absolute Gasteiger partial charge is 0.243 e. The molecule has 1 fully saturated rings. The van der Waals surface area contributed by atoms with E-state index in [0.717, 1.165) is 0 Å². The van der Waals surface area contributed by atoms with Gasteiger partial charge in [0.2, 0.25) is 10.0 Å². The monoisotopic (exact) mass is 390 g/mol. The van der Waals surface area contributed by atoms with Crippen LogP contribution in [0.4, 0.5) is 4.39 Å². The van der Waals surface area contributed by atoms with Crippen LogP contribution in [0.3, 0.4) is 0 Å². The van der Waals surface area contributed by atoms with Gasteiger partial charge >= 0.3 is 0 Å². The Balaban J connectivity index is 1.60. The summed E-state index contributed by atoms with van der Waals surface area (Å²) in [6.45, 7) is 4.06. The van der Waals surface area contributed by atoms with Crippen LogP contribution in [0.2, 0.25) is 0 Å². The van der Waals surface area contributed by atoms with Gasteiger partial charge in [-0.3, -0.25) is 4.79 Å². The lowest BCUT2D eigenvalue weighted by Crippen LogP contribution is -2.49. The molecule has 0 amide bonds. The number of hydrogen-bond donors (Lipinski definition) is 0. The van der Waals surface area contributed by atoms with Crippen molar-refractivity contribution in [3.8, 4) is 0 Å². The number of carbonyl (C=O) groups excluding carboxylic acids is 1. The number of carbonyl (C=O) groups is 1. The maximum atomic E-state index is 13.7. The summed E-state index contributed by atoms with van der Waals surface area (Å²) >= 11 is 0. The fourth-order valence-electron chi connectivity index (χ4n) is 3.20. The molecule has 1 aliphatic heterocycles. The predicted molar refractivity (Wildman–Crippen MR) is 102 cm³/mol. The number of rotatable bonds is 6. The number of Topliss-reactive ketones (excluding diaryl/α,β-unsaturated/α-hetero) is 1. The molecule has 0 atom stereocenters. The first-order valence-electron chi connectivity index (χ1n) is 8.95. The average molecular weight is 390 g/mol. The molecule has 0 spiro atoms. The molecule has 0 bridgehead atoms. The van der Waals surface area contributed by atoms with Gasteiger partial charge in [0.05, 0.1) is 4.90 Å². The Labute approximate surface area is 159 Å². The number of halogens is 1. The van der Waals surface area contributed by atoms with Crippen molar-refractivity contribution in [3.05, 3.63) is 65.5 Å². The lowest BCUT2D eigenvalue weighted by molar-refractivity contribution is 0.101. The van der Waals surface area contributed by atoms with E-state index in [1.54, 1.807) is 24.3 Å². The van der Waals surface area contributed by atoms with E-state index in [2.05, 4.69) is 4.90 Å². The highest BCUT2D eigenvalue weighted by molar-refractivity contribution is 7.89. The lowest BCUT2D eigenvalue weighted by Gasteiger charge is -2.34. The van der Waals surface area contributed by atoms with Crippen LogP contribution >= 0.6 is 0 Å². The zero-order valence-corrected chi connectivity index (χ0v) is 16.1. The second-order valence-electron chi connectivity index (χ2n) is 6.67. The van der Waals surface area contributed by atoms with Crippen LogP contribution in [-0.2, 0) is 16.4 Å². The van der Waals surface area contributed by atoms with E-state index in [1.807, 2.05) is 6.07 Å². The summed E-state index contributed by atoms with van der Waals surface area (Å²) in [5.41, 5.74) is 1.06. The molecule has 0 N–H and O–H groups in total. The van der Waals surface area contributed by atoms with E-state index in [1.165, 1.54) is 29.4 Å². The number of hydrogen-bond acceptors (Lipinski definition) is 4. The Kier molecular flexibility index (Phi) is 6.04. The molecule has 27 heavy (non-hydrogen) atoms. The molecule has 1 heterocycles. The fourth-order valence-corrected chi connectivity index (χ4v) is 4.67. The number of sulfonamides is 1. The molecule has 0 aromatic heterocycles. The molecule has 0 saturated carbocycles. The molecule has 0 radical (unpaired) electrons. The van der Waals surface area contributed by atoms with E-state index in [-0.39, 0.29) is 16.5 Å². The van der Waals surface area contributed by atoms with Gasteiger partial charge in [-0.15, -0.1) is 0 Å². The summed E-state index contributed by atoms with van der Waals surface area (Å²) in [5, 5.41) is 0. The van der Waals surface area contributed by atoms with E-state index in [4.69, 9.17) is 0 Å². The summed E-state index contributed by atoms with van der Waals surface area (Å²) in [4.78, 5) is 13.8. The highest BCUT2D eigenvalue weighted by atomic mass is 32.2. The van der Waals surface area contributed by atoms with E-state index >= 15 is 0 Å². The van der Waals surface area contributed by atoms with Crippen LogP contribution < -0.4 is 0 Å². The third-order valence-electron chi connectivity index (χ3n) is 4.86. The topological polar surface area (TPSA) is 57.7 Å².